The summed E-state index contributed by atoms with van der Waals surface area (Å²) >= 11 is 0. The van der Waals surface area contributed by atoms with Crippen LogP contribution in [0.3, 0.4) is 0 Å². The SMILES string of the molecule is Cn1cc(C(C(F)(F)F)S(=O)(=O)Cl)cn1. The largest absolute Gasteiger partial charge is 0.410 e. The Labute approximate surface area is 88.1 Å². The van der Waals surface area contributed by atoms with Crippen molar-refractivity contribution in [1.29, 1.82) is 0 Å². The summed E-state index contributed by atoms with van der Waals surface area (Å²) in [5.74, 6) is 0. The molecule has 1 aromatic rings. The Bertz CT molecular complexity index is 453. The van der Waals surface area contributed by atoms with E-state index in [9.17, 15) is 21.6 Å². The number of halogens is 4. The topological polar surface area (TPSA) is 52.0 Å². The highest BCUT2D eigenvalue weighted by Crippen LogP contribution is 2.40. The van der Waals surface area contributed by atoms with Crippen LogP contribution in [0.1, 0.15) is 10.8 Å². The fourth-order valence-corrected chi connectivity index (χ4v) is 2.46. The second-order valence-corrected chi connectivity index (χ2v) is 5.56. The highest BCUT2D eigenvalue weighted by molar-refractivity contribution is 8.14. The molecule has 1 rings (SSSR count). The number of alkyl halides is 3. The summed E-state index contributed by atoms with van der Waals surface area (Å²) in [4.78, 5) is 0. The lowest BCUT2D eigenvalue weighted by Gasteiger charge is -2.15. The Balaban J connectivity index is 3.26. The van der Waals surface area contributed by atoms with Crippen LogP contribution in [0.25, 0.3) is 0 Å². The number of nitrogens with zero attached hydrogens (tertiary/aromatic N) is 2. The minimum Gasteiger partial charge on any atom is -0.275 e. The van der Waals surface area contributed by atoms with Crippen molar-refractivity contribution in [3.05, 3.63) is 18.0 Å². The molecule has 0 spiro atoms. The van der Waals surface area contributed by atoms with E-state index in [0.29, 0.717) is 0 Å². The average molecular weight is 263 g/mol. The highest BCUT2D eigenvalue weighted by Gasteiger charge is 2.49. The van der Waals surface area contributed by atoms with Crippen molar-refractivity contribution < 1.29 is 21.6 Å². The van der Waals surface area contributed by atoms with Gasteiger partial charge in [-0.3, -0.25) is 4.68 Å². The van der Waals surface area contributed by atoms with E-state index in [1.807, 2.05) is 0 Å². The molecule has 86 valence electrons. The van der Waals surface area contributed by atoms with Crippen molar-refractivity contribution in [2.24, 2.45) is 7.05 Å². The van der Waals surface area contributed by atoms with Gasteiger partial charge < -0.3 is 0 Å². The van der Waals surface area contributed by atoms with E-state index in [1.54, 1.807) is 0 Å². The van der Waals surface area contributed by atoms with Crippen molar-refractivity contribution >= 4 is 19.7 Å². The first-order chi connectivity index (χ1) is 6.62. The van der Waals surface area contributed by atoms with Gasteiger partial charge in [-0.05, 0) is 0 Å². The fourth-order valence-electron chi connectivity index (χ4n) is 1.09. The van der Waals surface area contributed by atoms with Gasteiger partial charge in [0.15, 0.2) is 5.25 Å². The maximum absolute atomic E-state index is 12.4. The minimum absolute atomic E-state index is 0.500. The van der Waals surface area contributed by atoms with Crippen molar-refractivity contribution in [2.45, 2.75) is 11.4 Å². The third kappa shape index (κ3) is 2.85. The van der Waals surface area contributed by atoms with Crippen LogP contribution in [0.5, 0.6) is 0 Å². The molecule has 0 N–H and O–H groups in total. The van der Waals surface area contributed by atoms with E-state index < -0.39 is 26.0 Å². The maximum atomic E-state index is 12.4. The first-order valence-electron chi connectivity index (χ1n) is 3.61. The zero-order valence-corrected chi connectivity index (χ0v) is 8.94. The second kappa shape index (κ2) is 3.67. The van der Waals surface area contributed by atoms with Crippen LogP contribution in [-0.2, 0) is 16.1 Å². The molecule has 4 nitrogen and oxygen atoms in total. The molecule has 0 aliphatic heterocycles. The van der Waals surface area contributed by atoms with Crippen LogP contribution in [0, 0.1) is 0 Å². The molecule has 0 fully saturated rings. The molecule has 15 heavy (non-hydrogen) atoms. The van der Waals surface area contributed by atoms with Crippen molar-refractivity contribution in [1.82, 2.24) is 9.78 Å². The molecule has 0 bridgehead atoms. The van der Waals surface area contributed by atoms with Gasteiger partial charge in [0.1, 0.15) is 0 Å². The van der Waals surface area contributed by atoms with Crippen molar-refractivity contribution in [2.75, 3.05) is 0 Å². The number of hydrogen-bond acceptors (Lipinski definition) is 3. The van der Waals surface area contributed by atoms with Crippen molar-refractivity contribution in [3.8, 4) is 0 Å². The van der Waals surface area contributed by atoms with Gasteiger partial charge in [-0.25, -0.2) is 8.42 Å². The number of aryl methyl sites for hydroxylation is 1. The molecule has 0 aliphatic carbocycles. The molecule has 1 aromatic heterocycles. The van der Waals surface area contributed by atoms with E-state index in [1.165, 1.54) is 7.05 Å². The Kier molecular flexibility index (Phi) is 3.01. The molecule has 0 amide bonds. The lowest BCUT2D eigenvalue weighted by Crippen LogP contribution is -2.25. The molecule has 0 saturated carbocycles. The molecule has 9 heteroatoms. The van der Waals surface area contributed by atoms with Crippen LogP contribution >= 0.6 is 10.7 Å². The van der Waals surface area contributed by atoms with Gasteiger partial charge in [-0.15, -0.1) is 0 Å². The van der Waals surface area contributed by atoms with Crippen molar-refractivity contribution in [3.63, 3.8) is 0 Å². The monoisotopic (exact) mass is 262 g/mol. The number of aromatic nitrogens is 2. The zero-order chi connectivity index (χ0) is 11.9. The smallest absolute Gasteiger partial charge is 0.275 e. The van der Waals surface area contributed by atoms with E-state index in [2.05, 4.69) is 5.10 Å². The number of hydrogen-bond donors (Lipinski definition) is 0. The van der Waals surface area contributed by atoms with Crippen LogP contribution < -0.4 is 0 Å². The molecule has 1 atom stereocenters. The molecule has 0 aliphatic rings. The minimum atomic E-state index is -4.95. The predicted molar refractivity (Wildman–Crippen MR) is 46.8 cm³/mol. The summed E-state index contributed by atoms with van der Waals surface area (Å²) in [5, 5.41) is 0.722. The molecule has 0 saturated heterocycles. The number of rotatable bonds is 2. The first-order valence-corrected chi connectivity index (χ1v) is 5.98. The quantitative estimate of drug-likeness (QED) is 0.761. The second-order valence-electron chi connectivity index (χ2n) is 2.84. The standard InChI is InChI=1S/C6H6ClF3N2O2S/c1-12-3-4(2-11-12)5(6(8,9)10)15(7,13)14/h2-3,5H,1H3. The van der Waals surface area contributed by atoms with E-state index in [4.69, 9.17) is 10.7 Å². The molecule has 0 radical (unpaired) electrons. The summed E-state index contributed by atoms with van der Waals surface area (Å²) in [6, 6.07) is 0. The van der Waals surface area contributed by atoms with E-state index >= 15 is 0 Å². The van der Waals surface area contributed by atoms with E-state index in [0.717, 1.165) is 17.1 Å². The van der Waals surface area contributed by atoms with Gasteiger partial charge in [-0.2, -0.15) is 18.3 Å². The molecular formula is C6H6ClF3N2O2S. The van der Waals surface area contributed by atoms with E-state index in [-0.39, 0.29) is 0 Å². The molecule has 1 unspecified atom stereocenters. The van der Waals surface area contributed by atoms with Gasteiger partial charge in [0.25, 0.3) is 0 Å². The van der Waals surface area contributed by atoms with Gasteiger partial charge in [0, 0.05) is 29.5 Å². The lowest BCUT2D eigenvalue weighted by atomic mass is 10.2. The Morgan fingerprint density at radius 2 is 2.07 bits per heavy atom. The summed E-state index contributed by atoms with van der Waals surface area (Å²) in [6.45, 7) is 0. The van der Waals surface area contributed by atoms with Gasteiger partial charge in [0.2, 0.25) is 9.05 Å². The van der Waals surface area contributed by atoms with Gasteiger partial charge >= 0.3 is 6.18 Å². The maximum Gasteiger partial charge on any atom is 0.410 e. The Morgan fingerprint density at radius 3 is 2.33 bits per heavy atom. The summed E-state index contributed by atoms with van der Waals surface area (Å²) in [6.07, 6.45) is -3.18. The van der Waals surface area contributed by atoms with Gasteiger partial charge in [0.05, 0.1) is 6.20 Å². The highest BCUT2D eigenvalue weighted by atomic mass is 35.7. The van der Waals surface area contributed by atoms with Crippen LogP contribution in [0.2, 0.25) is 0 Å². The lowest BCUT2D eigenvalue weighted by molar-refractivity contribution is -0.131. The summed E-state index contributed by atoms with van der Waals surface area (Å²) < 4.78 is 59.9. The van der Waals surface area contributed by atoms with Crippen LogP contribution in [0.15, 0.2) is 12.4 Å². The fraction of sp³-hybridized carbons (Fsp3) is 0.500. The zero-order valence-electron chi connectivity index (χ0n) is 7.36. The Morgan fingerprint density at radius 1 is 1.53 bits per heavy atom. The molecule has 1 heterocycles. The van der Waals surface area contributed by atoms with Crippen LogP contribution in [0.4, 0.5) is 13.2 Å². The van der Waals surface area contributed by atoms with Crippen LogP contribution in [-0.4, -0.2) is 24.4 Å². The summed E-state index contributed by atoms with van der Waals surface area (Å²) in [7, 11) is 1.35. The average Bonchev–Trinajstić information content (AvgIpc) is 2.28. The summed E-state index contributed by atoms with van der Waals surface area (Å²) in [5.41, 5.74) is -0.500. The first kappa shape index (κ1) is 12.3. The third-order valence-electron chi connectivity index (χ3n) is 1.61. The molecular weight excluding hydrogens is 257 g/mol. The van der Waals surface area contributed by atoms with Gasteiger partial charge in [-0.1, -0.05) is 0 Å². The third-order valence-corrected chi connectivity index (χ3v) is 3.24. The predicted octanol–water partition coefficient (Wildman–Crippen LogP) is 1.59. The molecule has 0 aromatic carbocycles. The Hall–Kier alpha value is -0.760. The normalized spacial score (nSPS) is 15.3.